The molecule has 0 aromatic rings. The van der Waals surface area contributed by atoms with Crippen molar-refractivity contribution in [3.63, 3.8) is 0 Å². The van der Waals surface area contributed by atoms with Gasteiger partial charge >= 0.3 is 5.97 Å². The molecule has 14 heavy (non-hydrogen) atoms. The summed E-state index contributed by atoms with van der Waals surface area (Å²) in [6.45, 7) is 5.02. The molecule has 1 heterocycles. The highest BCUT2D eigenvalue weighted by atomic mass is 16.5. The number of aliphatic carboxylic acids is 1. The van der Waals surface area contributed by atoms with Crippen molar-refractivity contribution < 1.29 is 14.6 Å². The topological polar surface area (TPSA) is 49.8 Å². The first kappa shape index (κ1) is 11.5. The second-order valence-electron chi connectivity index (χ2n) is 3.96. The van der Waals surface area contributed by atoms with Crippen LogP contribution in [0.4, 0.5) is 0 Å². The Labute approximate surface area is 84.8 Å². The molecule has 0 amide bonds. The predicted molar refractivity (Wildman–Crippen MR) is 53.3 cm³/mol. The summed E-state index contributed by atoms with van der Waals surface area (Å²) >= 11 is 0. The first-order valence-corrected chi connectivity index (χ1v) is 5.09. The van der Waals surface area contributed by atoms with Crippen molar-refractivity contribution in [2.45, 2.75) is 19.8 Å². The Morgan fingerprint density at radius 2 is 2.36 bits per heavy atom. The number of hydrogen-bond donors (Lipinski definition) is 1. The fourth-order valence-electron chi connectivity index (χ4n) is 1.98. The maximum Gasteiger partial charge on any atom is 0.310 e. The molecule has 82 valence electrons. The lowest BCUT2D eigenvalue weighted by Crippen LogP contribution is -2.35. The van der Waals surface area contributed by atoms with Crippen molar-refractivity contribution in [2.75, 3.05) is 33.4 Å². The fraction of sp³-hybridized carbons (Fsp3) is 0.900. The molecular formula is C10H19NO3. The van der Waals surface area contributed by atoms with Crippen molar-refractivity contribution in [1.29, 1.82) is 0 Å². The first-order chi connectivity index (χ1) is 6.64. The number of nitrogens with zero attached hydrogens (tertiary/aromatic N) is 1. The predicted octanol–water partition coefficient (Wildman–Crippen LogP) is 0.820. The van der Waals surface area contributed by atoms with E-state index >= 15 is 0 Å². The van der Waals surface area contributed by atoms with Crippen LogP contribution in [0.15, 0.2) is 0 Å². The summed E-state index contributed by atoms with van der Waals surface area (Å²) in [7, 11) is 1.67. The number of hydrogen-bond acceptors (Lipinski definition) is 3. The molecule has 1 aliphatic rings. The van der Waals surface area contributed by atoms with E-state index in [0.717, 1.165) is 19.5 Å². The molecule has 0 spiro atoms. The van der Waals surface area contributed by atoms with Crippen LogP contribution in [-0.4, -0.2) is 49.3 Å². The number of methoxy groups -OCH3 is 1. The Hall–Kier alpha value is -0.610. The minimum atomic E-state index is -0.653. The zero-order valence-corrected chi connectivity index (χ0v) is 8.95. The van der Waals surface area contributed by atoms with Crippen LogP contribution >= 0.6 is 0 Å². The van der Waals surface area contributed by atoms with Gasteiger partial charge in [0.2, 0.25) is 0 Å². The van der Waals surface area contributed by atoms with Gasteiger partial charge in [0, 0.05) is 20.2 Å². The number of carbonyl (C=O) groups is 1. The molecular weight excluding hydrogens is 182 g/mol. The Morgan fingerprint density at radius 1 is 1.64 bits per heavy atom. The monoisotopic (exact) mass is 201 g/mol. The van der Waals surface area contributed by atoms with Gasteiger partial charge in [-0.2, -0.15) is 0 Å². The van der Waals surface area contributed by atoms with Gasteiger partial charge in [0.05, 0.1) is 12.0 Å². The lowest BCUT2D eigenvalue weighted by Gasteiger charge is -2.22. The van der Waals surface area contributed by atoms with Gasteiger partial charge in [-0.05, 0) is 19.4 Å². The van der Waals surface area contributed by atoms with E-state index in [1.807, 2.05) is 6.92 Å². The van der Waals surface area contributed by atoms with Crippen LogP contribution in [0.25, 0.3) is 0 Å². The van der Waals surface area contributed by atoms with E-state index in [-0.39, 0.29) is 0 Å². The quantitative estimate of drug-likeness (QED) is 0.715. The summed E-state index contributed by atoms with van der Waals surface area (Å²) in [4.78, 5) is 13.3. The number of ether oxygens (including phenoxy) is 1. The highest BCUT2D eigenvalue weighted by molar-refractivity contribution is 5.75. The minimum absolute atomic E-state index is 0.506. The van der Waals surface area contributed by atoms with Crippen molar-refractivity contribution in [1.82, 2.24) is 4.90 Å². The number of rotatable bonds is 5. The molecule has 1 saturated heterocycles. The van der Waals surface area contributed by atoms with Crippen molar-refractivity contribution in [3.05, 3.63) is 0 Å². The summed E-state index contributed by atoms with van der Waals surface area (Å²) < 4.78 is 4.98. The van der Waals surface area contributed by atoms with Gasteiger partial charge in [0.25, 0.3) is 0 Å². The van der Waals surface area contributed by atoms with E-state index in [9.17, 15) is 4.79 Å². The van der Waals surface area contributed by atoms with Crippen LogP contribution in [0, 0.1) is 5.41 Å². The fourth-order valence-corrected chi connectivity index (χ4v) is 1.98. The summed E-state index contributed by atoms with van der Waals surface area (Å²) in [5.74, 6) is -0.653. The second-order valence-corrected chi connectivity index (χ2v) is 3.96. The number of carboxylic acid groups (broad SMARTS) is 1. The lowest BCUT2D eigenvalue weighted by molar-refractivity contribution is -0.148. The smallest absolute Gasteiger partial charge is 0.310 e. The highest BCUT2D eigenvalue weighted by Crippen LogP contribution is 2.33. The van der Waals surface area contributed by atoms with Crippen LogP contribution in [-0.2, 0) is 9.53 Å². The van der Waals surface area contributed by atoms with Crippen molar-refractivity contribution in [2.24, 2.45) is 5.41 Å². The van der Waals surface area contributed by atoms with Gasteiger partial charge in [0.15, 0.2) is 0 Å². The summed E-state index contributed by atoms with van der Waals surface area (Å²) in [5.41, 5.74) is -0.506. The molecule has 0 aromatic carbocycles. The standard InChI is InChI=1S/C10H19NO3/c1-3-10(9(12)13)4-5-11(8-10)6-7-14-2/h3-8H2,1-2H3,(H,12,13). The van der Waals surface area contributed by atoms with Crippen LogP contribution in [0.2, 0.25) is 0 Å². The maximum atomic E-state index is 11.1. The number of carboxylic acids is 1. The van der Waals surface area contributed by atoms with Crippen molar-refractivity contribution >= 4 is 5.97 Å². The molecule has 0 bridgehead atoms. The van der Waals surface area contributed by atoms with E-state index in [1.165, 1.54) is 0 Å². The van der Waals surface area contributed by atoms with Crippen molar-refractivity contribution in [3.8, 4) is 0 Å². The molecule has 1 aliphatic heterocycles. The summed E-state index contributed by atoms with van der Waals surface area (Å²) in [6, 6.07) is 0. The van der Waals surface area contributed by atoms with Crippen LogP contribution in [0.5, 0.6) is 0 Å². The second kappa shape index (κ2) is 4.75. The summed E-state index contributed by atoms with van der Waals surface area (Å²) in [5, 5.41) is 9.15. The molecule has 0 aliphatic carbocycles. The van der Waals surface area contributed by atoms with E-state index in [0.29, 0.717) is 19.6 Å². The average Bonchev–Trinajstić information content (AvgIpc) is 2.59. The van der Waals surface area contributed by atoms with E-state index in [4.69, 9.17) is 9.84 Å². The van der Waals surface area contributed by atoms with E-state index in [2.05, 4.69) is 4.90 Å². The zero-order valence-electron chi connectivity index (χ0n) is 8.95. The summed E-state index contributed by atoms with van der Waals surface area (Å²) in [6.07, 6.45) is 1.48. The third-order valence-electron chi connectivity index (χ3n) is 3.17. The molecule has 1 rings (SSSR count). The molecule has 1 fully saturated rings. The van der Waals surface area contributed by atoms with Gasteiger partial charge in [-0.25, -0.2) is 0 Å². The van der Waals surface area contributed by atoms with Gasteiger partial charge < -0.3 is 9.84 Å². The van der Waals surface area contributed by atoms with Gasteiger partial charge in [-0.15, -0.1) is 0 Å². The van der Waals surface area contributed by atoms with Gasteiger partial charge in [-0.1, -0.05) is 6.92 Å². The van der Waals surface area contributed by atoms with Crippen LogP contribution in [0.1, 0.15) is 19.8 Å². The Morgan fingerprint density at radius 3 is 2.79 bits per heavy atom. The van der Waals surface area contributed by atoms with Gasteiger partial charge in [0.1, 0.15) is 0 Å². The maximum absolute atomic E-state index is 11.1. The molecule has 4 heteroatoms. The molecule has 4 nitrogen and oxygen atoms in total. The normalized spacial score (nSPS) is 28.1. The third-order valence-corrected chi connectivity index (χ3v) is 3.17. The largest absolute Gasteiger partial charge is 0.481 e. The molecule has 0 saturated carbocycles. The van der Waals surface area contributed by atoms with E-state index < -0.39 is 11.4 Å². The molecule has 0 radical (unpaired) electrons. The Kier molecular flexibility index (Phi) is 3.89. The van der Waals surface area contributed by atoms with E-state index in [1.54, 1.807) is 7.11 Å². The first-order valence-electron chi connectivity index (χ1n) is 5.09. The minimum Gasteiger partial charge on any atom is -0.481 e. The van der Waals surface area contributed by atoms with Gasteiger partial charge in [-0.3, -0.25) is 9.69 Å². The van der Waals surface area contributed by atoms with Crippen LogP contribution < -0.4 is 0 Å². The molecule has 1 atom stereocenters. The van der Waals surface area contributed by atoms with Crippen LogP contribution in [0.3, 0.4) is 0 Å². The third kappa shape index (κ3) is 2.25. The zero-order chi connectivity index (χ0) is 10.6. The average molecular weight is 201 g/mol. The molecule has 1 unspecified atom stereocenters. The SMILES string of the molecule is CCC1(C(=O)O)CCN(CCOC)C1. The Balaban J connectivity index is 2.48. The number of likely N-dealkylation sites (tertiary alicyclic amines) is 1. The lowest BCUT2D eigenvalue weighted by atomic mass is 9.84. The Bertz CT molecular complexity index is 208. The molecule has 1 N–H and O–H groups in total. The highest BCUT2D eigenvalue weighted by Gasteiger charge is 2.42. The molecule has 0 aromatic heterocycles.